The molecule has 1 aromatic rings. The molecular formula is C9H8F2O3. The fourth-order valence-electron chi connectivity index (χ4n) is 0.952. The van der Waals surface area contributed by atoms with E-state index in [1.165, 1.54) is 7.11 Å². The van der Waals surface area contributed by atoms with E-state index in [4.69, 9.17) is 0 Å². The van der Waals surface area contributed by atoms with E-state index in [1.54, 1.807) is 0 Å². The smallest absolute Gasteiger partial charge is 0.340 e. The minimum atomic E-state index is -0.977. The number of hydrogen-bond acceptors (Lipinski definition) is 3. The molecule has 0 saturated carbocycles. The standard InChI is InChI=1S/C9H8F2O3/c1-13-8-3-5(9(12)14-2)6(10)4-7(8)11/h3-4H,1-2H3. The molecule has 0 aliphatic heterocycles. The summed E-state index contributed by atoms with van der Waals surface area (Å²) in [6.45, 7) is 0. The van der Waals surface area contributed by atoms with Gasteiger partial charge in [-0.25, -0.2) is 13.6 Å². The van der Waals surface area contributed by atoms with Crippen LogP contribution in [0.25, 0.3) is 0 Å². The average molecular weight is 202 g/mol. The Bertz CT molecular complexity index is 363. The summed E-state index contributed by atoms with van der Waals surface area (Å²) < 4.78 is 34.8. The van der Waals surface area contributed by atoms with Gasteiger partial charge < -0.3 is 9.47 Å². The summed E-state index contributed by atoms with van der Waals surface area (Å²) in [6, 6.07) is 1.53. The lowest BCUT2D eigenvalue weighted by molar-refractivity contribution is 0.0595. The average Bonchev–Trinajstić information content (AvgIpc) is 2.17. The second-order valence-electron chi connectivity index (χ2n) is 2.46. The van der Waals surface area contributed by atoms with E-state index in [1.807, 2.05) is 0 Å². The van der Waals surface area contributed by atoms with E-state index in [2.05, 4.69) is 9.47 Å². The molecule has 0 N–H and O–H groups in total. The first-order chi connectivity index (χ1) is 6.60. The number of hydrogen-bond donors (Lipinski definition) is 0. The molecule has 76 valence electrons. The molecule has 1 rings (SSSR count). The monoisotopic (exact) mass is 202 g/mol. The number of benzene rings is 1. The van der Waals surface area contributed by atoms with Crippen molar-refractivity contribution in [2.75, 3.05) is 14.2 Å². The fourth-order valence-corrected chi connectivity index (χ4v) is 0.952. The van der Waals surface area contributed by atoms with E-state index in [0.717, 1.165) is 13.2 Å². The molecule has 0 amide bonds. The lowest BCUT2D eigenvalue weighted by atomic mass is 10.2. The number of methoxy groups -OCH3 is 2. The van der Waals surface area contributed by atoms with Gasteiger partial charge in [0, 0.05) is 12.1 Å². The van der Waals surface area contributed by atoms with Gasteiger partial charge in [0.05, 0.1) is 19.8 Å². The Hall–Kier alpha value is -1.65. The van der Waals surface area contributed by atoms with Crippen molar-refractivity contribution in [1.29, 1.82) is 0 Å². The highest BCUT2D eigenvalue weighted by atomic mass is 19.1. The fraction of sp³-hybridized carbons (Fsp3) is 0.222. The van der Waals surface area contributed by atoms with Crippen LogP contribution < -0.4 is 4.74 Å². The van der Waals surface area contributed by atoms with Crippen LogP contribution in [0.1, 0.15) is 10.4 Å². The molecule has 0 bridgehead atoms. The van der Waals surface area contributed by atoms with E-state index >= 15 is 0 Å². The third-order valence-electron chi connectivity index (χ3n) is 1.65. The van der Waals surface area contributed by atoms with Crippen molar-refractivity contribution < 1.29 is 23.0 Å². The van der Waals surface area contributed by atoms with Crippen molar-refractivity contribution in [1.82, 2.24) is 0 Å². The molecular weight excluding hydrogens is 194 g/mol. The predicted octanol–water partition coefficient (Wildman–Crippen LogP) is 1.76. The van der Waals surface area contributed by atoms with Gasteiger partial charge in [-0.2, -0.15) is 0 Å². The lowest BCUT2D eigenvalue weighted by Crippen LogP contribution is -2.05. The van der Waals surface area contributed by atoms with E-state index < -0.39 is 17.6 Å². The third-order valence-corrected chi connectivity index (χ3v) is 1.65. The summed E-state index contributed by atoms with van der Waals surface area (Å²) in [4.78, 5) is 11.0. The number of carbonyl (C=O) groups excluding carboxylic acids is 1. The van der Waals surface area contributed by atoms with Crippen LogP contribution in [0.5, 0.6) is 5.75 Å². The maximum atomic E-state index is 13.0. The van der Waals surface area contributed by atoms with Crippen LogP contribution in [0.2, 0.25) is 0 Å². The zero-order valence-electron chi connectivity index (χ0n) is 7.64. The van der Waals surface area contributed by atoms with Crippen molar-refractivity contribution in [3.8, 4) is 5.75 Å². The van der Waals surface area contributed by atoms with Gasteiger partial charge in [0.1, 0.15) is 5.82 Å². The predicted molar refractivity (Wildman–Crippen MR) is 44.2 cm³/mol. The van der Waals surface area contributed by atoms with Crippen molar-refractivity contribution in [2.45, 2.75) is 0 Å². The van der Waals surface area contributed by atoms with Crippen LogP contribution in [-0.4, -0.2) is 20.2 Å². The maximum absolute atomic E-state index is 13.0. The molecule has 0 radical (unpaired) electrons. The summed E-state index contributed by atoms with van der Waals surface area (Å²) in [6.07, 6.45) is 0. The summed E-state index contributed by atoms with van der Waals surface area (Å²) in [7, 11) is 2.33. The number of rotatable bonds is 2. The lowest BCUT2D eigenvalue weighted by Gasteiger charge is -2.05. The van der Waals surface area contributed by atoms with Crippen molar-refractivity contribution >= 4 is 5.97 Å². The highest BCUT2D eigenvalue weighted by Gasteiger charge is 2.16. The van der Waals surface area contributed by atoms with Gasteiger partial charge in [0.2, 0.25) is 0 Å². The Kier molecular flexibility index (Phi) is 3.01. The minimum Gasteiger partial charge on any atom is -0.494 e. The first-order valence-corrected chi connectivity index (χ1v) is 3.71. The number of ether oxygens (including phenoxy) is 2. The molecule has 1 aromatic carbocycles. The van der Waals surface area contributed by atoms with Gasteiger partial charge in [-0.15, -0.1) is 0 Å². The highest BCUT2D eigenvalue weighted by molar-refractivity contribution is 5.90. The van der Waals surface area contributed by atoms with Crippen molar-refractivity contribution in [3.63, 3.8) is 0 Å². The van der Waals surface area contributed by atoms with Crippen LogP contribution >= 0.6 is 0 Å². The van der Waals surface area contributed by atoms with E-state index in [9.17, 15) is 13.6 Å². The molecule has 0 aliphatic carbocycles. The largest absolute Gasteiger partial charge is 0.494 e. The van der Waals surface area contributed by atoms with Crippen LogP contribution in [-0.2, 0) is 4.74 Å². The SMILES string of the molecule is COC(=O)c1cc(OC)c(F)cc1F. The number of esters is 1. The van der Waals surface area contributed by atoms with Gasteiger partial charge >= 0.3 is 5.97 Å². The summed E-state index contributed by atoms with van der Waals surface area (Å²) in [5, 5.41) is 0. The van der Waals surface area contributed by atoms with Gasteiger partial charge in [0.15, 0.2) is 11.6 Å². The van der Waals surface area contributed by atoms with Gasteiger partial charge in [-0.1, -0.05) is 0 Å². The maximum Gasteiger partial charge on any atom is 0.340 e. The van der Waals surface area contributed by atoms with E-state index in [-0.39, 0.29) is 11.3 Å². The second-order valence-corrected chi connectivity index (χ2v) is 2.46. The first kappa shape index (κ1) is 10.4. The summed E-state index contributed by atoms with van der Waals surface area (Å²) in [5.74, 6) is -2.92. The van der Waals surface area contributed by atoms with Crippen molar-refractivity contribution in [2.24, 2.45) is 0 Å². The molecule has 0 unspecified atom stereocenters. The first-order valence-electron chi connectivity index (χ1n) is 3.71. The molecule has 0 aliphatic rings. The Morgan fingerprint density at radius 3 is 2.36 bits per heavy atom. The second kappa shape index (κ2) is 4.04. The topological polar surface area (TPSA) is 35.5 Å². The van der Waals surface area contributed by atoms with Crippen LogP contribution in [0.15, 0.2) is 12.1 Å². The Morgan fingerprint density at radius 2 is 1.86 bits per heavy atom. The quantitative estimate of drug-likeness (QED) is 0.685. The Morgan fingerprint density at radius 1 is 1.21 bits per heavy atom. The molecule has 3 nitrogen and oxygen atoms in total. The molecule has 0 fully saturated rings. The molecule has 14 heavy (non-hydrogen) atoms. The molecule has 5 heteroatoms. The molecule has 0 heterocycles. The Labute approximate surface area is 79.2 Å². The zero-order valence-corrected chi connectivity index (χ0v) is 7.64. The number of halogens is 2. The third kappa shape index (κ3) is 1.81. The van der Waals surface area contributed by atoms with Crippen LogP contribution in [0.4, 0.5) is 8.78 Å². The molecule has 0 atom stereocenters. The van der Waals surface area contributed by atoms with Gasteiger partial charge in [0.25, 0.3) is 0 Å². The molecule has 0 spiro atoms. The Balaban J connectivity index is 3.24. The molecule has 0 aromatic heterocycles. The van der Waals surface area contributed by atoms with Crippen molar-refractivity contribution in [3.05, 3.63) is 29.3 Å². The zero-order chi connectivity index (χ0) is 10.7. The number of carbonyl (C=O) groups is 1. The highest BCUT2D eigenvalue weighted by Crippen LogP contribution is 2.21. The van der Waals surface area contributed by atoms with Crippen LogP contribution in [0.3, 0.4) is 0 Å². The van der Waals surface area contributed by atoms with Gasteiger partial charge in [-0.05, 0) is 0 Å². The minimum absolute atomic E-state index is 0.202. The normalized spacial score (nSPS) is 9.71. The van der Waals surface area contributed by atoms with E-state index in [0.29, 0.717) is 6.07 Å². The summed E-state index contributed by atoms with van der Waals surface area (Å²) in [5.41, 5.74) is -0.356. The summed E-state index contributed by atoms with van der Waals surface area (Å²) >= 11 is 0. The molecule has 0 saturated heterocycles. The van der Waals surface area contributed by atoms with Gasteiger partial charge in [-0.3, -0.25) is 0 Å². The van der Waals surface area contributed by atoms with Crippen LogP contribution in [0, 0.1) is 11.6 Å².